The van der Waals surface area contributed by atoms with Gasteiger partial charge >= 0.3 is 8.80 Å². The van der Waals surface area contributed by atoms with Gasteiger partial charge in [-0.05, 0) is 6.42 Å². The summed E-state index contributed by atoms with van der Waals surface area (Å²) in [6.07, 6.45) is 0.812. The molecule has 0 heterocycles. The van der Waals surface area contributed by atoms with Gasteiger partial charge < -0.3 is 55.9 Å². The van der Waals surface area contributed by atoms with Crippen LogP contribution in [-0.2, 0) is 55.9 Å². The van der Waals surface area contributed by atoms with Crippen LogP contribution in [0.15, 0.2) is 0 Å². The Balaban J connectivity index is 3.13. The second kappa shape index (κ2) is 29.3. The molecule has 0 aromatic heterocycles. The minimum absolute atomic E-state index is 0.518. The van der Waals surface area contributed by atoms with Gasteiger partial charge in [0.2, 0.25) is 0 Å². The molecule has 0 atom stereocenters. The van der Waals surface area contributed by atoms with Crippen LogP contribution in [0.5, 0.6) is 0 Å². The lowest BCUT2D eigenvalue weighted by molar-refractivity contribution is -0.0243. The largest absolute Gasteiger partial charge is 0.500 e. The summed E-state index contributed by atoms with van der Waals surface area (Å²) in [7, 11) is 3.98. The topological polar surface area (TPSA) is 111 Å². The number of hydrogen-bond acceptors (Lipinski definition) is 12. The first-order valence-electron chi connectivity index (χ1n) is 12.5. The fourth-order valence-electron chi connectivity index (χ4n) is 2.73. The molecule has 0 fully saturated rings. The molecule has 0 saturated carbocycles. The van der Waals surface area contributed by atoms with Gasteiger partial charge in [-0.3, -0.25) is 0 Å². The molecule has 36 heavy (non-hydrogen) atoms. The first kappa shape index (κ1) is 35.7. The van der Waals surface area contributed by atoms with Crippen molar-refractivity contribution < 1.29 is 55.9 Å². The van der Waals surface area contributed by atoms with Crippen LogP contribution in [0.1, 0.15) is 6.42 Å². The molecule has 0 amide bonds. The number of methoxy groups -OCH3 is 1. The number of ether oxygens (including phenoxy) is 9. The summed E-state index contributed by atoms with van der Waals surface area (Å²) < 4.78 is 64.5. The van der Waals surface area contributed by atoms with E-state index in [0.717, 1.165) is 12.5 Å². The maximum Gasteiger partial charge on any atom is 0.500 e. The maximum atomic E-state index is 5.55. The summed E-state index contributed by atoms with van der Waals surface area (Å²) in [5.74, 6) is 0. The summed E-state index contributed by atoms with van der Waals surface area (Å²) in [5, 5.41) is 0. The molecular formula is C23H50O12Si. The van der Waals surface area contributed by atoms with Crippen molar-refractivity contribution in [3.63, 3.8) is 0 Å². The van der Waals surface area contributed by atoms with Gasteiger partial charge in [0.25, 0.3) is 0 Å². The van der Waals surface area contributed by atoms with Crippen LogP contribution >= 0.6 is 0 Å². The van der Waals surface area contributed by atoms with E-state index in [-0.39, 0.29) is 0 Å². The lowest BCUT2D eigenvalue weighted by Gasteiger charge is -2.24. The highest BCUT2D eigenvalue weighted by Crippen LogP contribution is 2.14. The molecule has 0 rings (SSSR count). The van der Waals surface area contributed by atoms with E-state index < -0.39 is 8.80 Å². The predicted molar refractivity (Wildman–Crippen MR) is 135 cm³/mol. The van der Waals surface area contributed by atoms with Crippen LogP contribution < -0.4 is 0 Å². The zero-order valence-electron chi connectivity index (χ0n) is 22.8. The van der Waals surface area contributed by atoms with Gasteiger partial charge in [-0.1, -0.05) is 0 Å². The highest BCUT2D eigenvalue weighted by molar-refractivity contribution is 6.60. The Morgan fingerprint density at radius 3 is 0.833 bits per heavy atom. The third-order valence-electron chi connectivity index (χ3n) is 4.74. The first-order valence-corrected chi connectivity index (χ1v) is 14.4. The Hall–Kier alpha value is -0.263. The van der Waals surface area contributed by atoms with Crippen molar-refractivity contribution in [1.29, 1.82) is 0 Å². The summed E-state index contributed by atoms with van der Waals surface area (Å²) in [5.41, 5.74) is 0. The SMILES string of the molecule is COCCOCCOCCOCCOCCOCCOCCOCCOCCC[Si](OC)(OC)OC. The summed E-state index contributed by atoms with van der Waals surface area (Å²) >= 11 is 0. The molecule has 0 spiro atoms. The molecule has 0 aromatic carbocycles. The minimum atomic E-state index is -2.50. The van der Waals surface area contributed by atoms with Gasteiger partial charge in [0.1, 0.15) is 0 Å². The highest BCUT2D eigenvalue weighted by atomic mass is 28.4. The molecule has 0 saturated heterocycles. The van der Waals surface area contributed by atoms with Crippen molar-refractivity contribution >= 4 is 8.80 Å². The van der Waals surface area contributed by atoms with E-state index in [4.69, 9.17) is 55.9 Å². The predicted octanol–water partition coefficient (Wildman–Crippen LogP) is 1.03. The molecule has 0 aliphatic rings. The number of hydrogen-bond donors (Lipinski definition) is 0. The van der Waals surface area contributed by atoms with Crippen molar-refractivity contribution in [2.24, 2.45) is 0 Å². The average molecular weight is 547 g/mol. The molecule has 13 heteroatoms. The molecule has 12 nitrogen and oxygen atoms in total. The third kappa shape index (κ3) is 24.1. The molecule has 0 aliphatic carbocycles. The lowest BCUT2D eigenvalue weighted by Crippen LogP contribution is -2.42. The Bertz CT molecular complexity index is 410. The second-order valence-electron chi connectivity index (χ2n) is 7.29. The second-order valence-corrected chi connectivity index (χ2v) is 10.4. The highest BCUT2D eigenvalue weighted by Gasteiger charge is 2.36. The zero-order valence-corrected chi connectivity index (χ0v) is 23.8. The van der Waals surface area contributed by atoms with Gasteiger partial charge in [0.15, 0.2) is 0 Å². The van der Waals surface area contributed by atoms with Crippen molar-refractivity contribution in [2.75, 3.05) is 141 Å². The van der Waals surface area contributed by atoms with Crippen molar-refractivity contribution in [2.45, 2.75) is 12.5 Å². The molecule has 218 valence electrons. The molecule has 0 radical (unpaired) electrons. The van der Waals surface area contributed by atoms with E-state index in [1.54, 1.807) is 28.4 Å². The minimum Gasteiger partial charge on any atom is -0.382 e. The van der Waals surface area contributed by atoms with Gasteiger partial charge in [-0.25, -0.2) is 0 Å². The van der Waals surface area contributed by atoms with E-state index in [2.05, 4.69) is 0 Å². The maximum absolute atomic E-state index is 5.55. The van der Waals surface area contributed by atoms with Gasteiger partial charge in [0, 0.05) is 41.1 Å². The lowest BCUT2D eigenvalue weighted by atomic mass is 10.5. The standard InChI is InChI=1S/C23H50O12Si/c1-24-7-8-29-11-12-31-15-16-33-19-20-35-22-21-34-18-17-32-14-13-30-10-9-28-6-5-23-36(25-2,26-3)27-4/h5-23H2,1-4H3. The quantitative estimate of drug-likeness (QED) is 0.0915. The van der Waals surface area contributed by atoms with Crippen LogP contribution in [0.2, 0.25) is 6.04 Å². The summed E-state index contributed by atoms with van der Waals surface area (Å²) in [6.45, 7) is 9.21. The summed E-state index contributed by atoms with van der Waals surface area (Å²) in [4.78, 5) is 0. The Morgan fingerprint density at radius 1 is 0.333 bits per heavy atom. The number of rotatable bonds is 31. The van der Waals surface area contributed by atoms with E-state index in [1.807, 2.05) is 0 Å². The van der Waals surface area contributed by atoms with Gasteiger partial charge in [-0.15, -0.1) is 0 Å². The smallest absolute Gasteiger partial charge is 0.382 e. The molecule has 0 unspecified atom stereocenters. The molecule has 0 N–H and O–H groups in total. The van der Waals surface area contributed by atoms with Crippen molar-refractivity contribution in [3.05, 3.63) is 0 Å². The first-order chi connectivity index (χ1) is 17.7. The van der Waals surface area contributed by atoms with E-state index in [9.17, 15) is 0 Å². The van der Waals surface area contributed by atoms with E-state index in [0.29, 0.717) is 112 Å². The van der Waals surface area contributed by atoms with Crippen LogP contribution in [0.4, 0.5) is 0 Å². The molecular weight excluding hydrogens is 496 g/mol. The fraction of sp³-hybridized carbons (Fsp3) is 1.00. The van der Waals surface area contributed by atoms with Crippen LogP contribution in [0.3, 0.4) is 0 Å². The Kier molecular flexibility index (Phi) is 29.1. The van der Waals surface area contributed by atoms with Crippen LogP contribution in [0.25, 0.3) is 0 Å². The van der Waals surface area contributed by atoms with E-state index in [1.165, 1.54) is 0 Å². The monoisotopic (exact) mass is 546 g/mol. The molecule has 0 bridgehead atoms. The van der Waals surface area contributed by atoms with Crippen LogP contribution in [0, 0.1) is 0 Å². The normalized spacial score (nSPS) is 12.0. The molecule has 0 aromatic rings. The molecule has 0 aliphatic heterocycles. The van der Waals surface area contributed by atoms with Crippen LogP contribution in [-0.4, -0.2) is 150 Å². The summed E-state index contributed by atoms with van der Waals surface area (Å²) in [6, 6.07) is 0.719. The fourth-order valence-corrected chi connectivity index (χ4v) is 4.42. The van der Waals surface area contributed by atoms with Crippen molar-refractivity contribution in [1.82, 2.24) is 0 Å². The zero-order chi connectivity index (χ0) is 26.4. The third-order valence-corrected chi connectivity index (χ3v) is 7.57. The Morgan fingerprint density at radius 2 is 0.583 bits per heavy atom. The van der Waals surface area contributed by atoms with E-state index >= 15 is 0 Å². The van der Waals surface area contributed by atoms with Gasteiger partial charge in [-0.2, -0.15) is 0 Å². The van der Waals surface area contributed by atoms with Crippen molar-refractivity contribution in [3.8, 4) is 0 Å². The average Bonchev–Trinajstić information content (AvgIpc) is 2.91. The Labute approximate surface area is 218 Å². The van der Waals surface area contributed by atoms with Gasteiger partial charge in [0.05, 0.1) is 106 Å².